The minimum Gasteiger partial charge on any atom is -0.391 e. The predicted molar refractivity (Wildman–Crippen MR) is 61.8 cm³/mol. The van der Waals surface area contributed by atoms with Crippen molar-refractivity contribution in [2.75, 3.05) is 0 Å². The fourth-order valence-electron chi connectivity index (χ4n) is 1.22. The third-order valence-corrected chi connectivity index (χ3v) is 3.74. The van der Waals surface area contributed by atoms with Gasteiger partial charge in [-0.15, -0.1) is 0 Å². The molecule has 1 N–H and O–H groups in total. The van der Waals surface area contributed by atoms with Crippen molar-refractivity contribution in [2.24, 2.45) is 0 Å². The van der Waals surface area contributed by atoms with Gasteiger partial charge in [-0.2, -0.15) is 0 Å². The van der Waals surface area contributed by atoms with Crippen LogP contribution in [0.25, 0.3) is 0 Å². The maximum absolute atomic E-state index is 13.4. The molecule has 1 aromatic carbocycles. The zero-order valence-electron chi connectivity index (χ0n) is 8.21. The number of allylic oxidation sites excluding steroid dienone is 1. The van der Waals surface area contributed by atoms with E-state index in [4.69, 9.17) is 5.11 Å². The fraction of sp³-hybridized carbons (Fsp3) is 0.200. The monoisotopic (exact) mass is 376 g/mol. The Labute approximate surface area is 111 Å². The van der Waals surface area contributed by atoms with Gasteiger partial charge in [0.1, 0.15) is 0 Å². The van der Waals surface area contributed by atoms with Gasteiger partial charge in [0, 0.05) is 16.5 Å². The van der Waals surface area contributed by atoms with Gasteiger partial charge >= 0.3 is 0 Å². The van der Waals surface area contributed by atoms with Crippen LogP contribution in [0.4, 0.5) is 17.6 Å². The summed E-state index contributed by atoms with van der Waals surface area (Å²) < 4.78 is 53.7. The molecule has 0 fully saturated rings. The van der Waals surface area contributed by atoms with Crippen molar-refractivity contribution < 1.29 is 22.7 Å². The van der Waals surface area contributed by atoms with E-state index in [9.17, 15) is 17.6 Å². The second-order valence-electron chi connectivity index (χ2n) is 3.10. The second-order valence-corrected chi connectivity index (χ2v) is 4.58. The van der Waals surface area contributed by atoms with Gasteiger partial charge in [-0.05, 0) is 4.99 Å². The van der Waals surface area contributed by atoms with Gasteiger partial charge in [0.15, 0.2) is 23.3 Å². The summed E-state index contributed by atoms with van der Waals surface area (Å²) in [5.41, 5.74) is -1.75. The lowest BCUT2D eigenvalue weighted by atomic mass is 10.1. The summed E-state index contributed by atoms with van der Waals surface area (Å²) in [6.45, 7) is -1.11. The van der Waals surface area contributed by atoms with Crippen LogP contribution in [0.5, 0.6) is 0 Å². The van der Waals surface area contributed by atoms with Gasteiger partial charge in [0.2, 0.25) is 0 Å². The Kier molecular flexibility index (Phi) is 5.15. The van der Waals surface area contributed by atoms with Crippen LogP contribution in [0.2, 0.25) is 0 Å². The summed E-state index contributed by atoms with van der Waals surface area (Å²) in [5.74, 6) is -6.15. The molecular formula is C10H6Br2F4O. The van der Waals surface area contributed by atoms with Crippen LogP contribution in [0, 0.1) is 23.3 Å². The van der Waals surface area contributed by atoms with Gasteiger partial charge in [0.25, 0.3) is 0 Å². The number of rotatable bonds is 3. The van der Waals surface area contributed by atoms with E-state index in [2.05, 4.69) is 31.9 Å². The molecule has 1 rings (SSSR count). The standard InChI is InChI=1S/C10H6Br2F4O/c11-2-4(12)1-5-7(13)9(15)6(3-17)10(16)8(5)14/h2,17H,1,3H2. The molecule has 94 valence electrons. The Morgan fingerprint density at radius 2 is 1.41 bits per heavy atom. The van der Waals surface area contributed by atoms with Crippen LogP contribution >= 0.6 is 31.9 Å². The van der Waals surface area contributed by atoms with Crippen LogP contribution in [0.1, 0.15) is 11.1 Å². The SMILES string of the molecule is OCc1c(F)c(F)c(CC(Br)=CBr)c(F)c1F. The molecule has 0 spiro atoms. The highest BCUT2D eigenvalue weighted by atomic mass is 79.9. The van der Waals surface area contributed by atoms with Crippen LogP contribution in [0.15, 0.2) is 9.47 Å². The second kappa shape index (κ2) is 5.97. The van der Waals surface area contributed by atoms with Crippen molar-refractivity contribution >= 4 is 31.9 Å². The fourth-order valence-corrected chi connectivity index (χ4v) is 1.67. The Morgan fingerprint density at radius 3 is 1.76 bits per heavy atom. The van der Waals surface area contributed by atoms with Crippen molar-refractivity contribution in [2.45, 2.75) is 13.0 Å². The van der Waals surface area contributed by atoms with Crippen LogP contribution < -0.4 is 0 Å². The first-order valence-corrected chi connectivity index (χ1v) is 6.04. The third kappa shape index (κ3) is 2.89. The molecule has 0 aromatic heterocycles. The highest BCUT2D eigenvalue weighted by Gasteiger charge is 2.24. The topological polar surface area (TPSA) is 20.2 Å². The molecule has 0 aliphatic carbocycles. The van der Waals surface area contributed by atoms with E-state index in [0.29, 0.717) is 4.48 Å². The highest BCUT2D eigenvalue weighted by Crippen LogP contribution is 2.27. The van der Waals surface area contributed by atoms with Crippen LogP contribution in [0.3, 0.4) is 0 Å². The number of aliphatic hydroxyl groups is 1. The molecule has 0 atom stereocenters. The first kappa shape index (κ1) is 14.7. The molecule has 0 bridgehead atoms. The van der Waals surface area contributed by atoms with E-state index >= 15 is 0 Å². The average molecular weight is 378 g/mol. The molecule has 1 nitrogen and oxygen atoms in total. The molecule has 0 aliphatic heterocycles. The Balaban J connectivity index is 3.42. The summed E-state index contributed by atoms with van der Waals surface area (Å²) in [6.07, 6.45) is -0.345. The first-order chi connectivity index (χ1) is 7.93. The van der Waals surface area contributed by atoms with Crippen molar-refractivity contribution in [1.82, 2.24) is 0 Å². The van der Waals surface area contributed by atoms with E-state index in [1.54, 1.807) is 0 Å². The average Bonchev–Trinajstić information content (AvgIpc) is 2.32. The highest BCUT2D eigenvalue weighted by molar-refractivity contribution is 9.14. The van der Waals surface area contributed by atoms with Gasteiger partial charge in [0.05, 0.1) is 12.2 Å². The van der Waals surface area contributed by atoms with Crippen LogP contribution in [-0.4, -0.2) is 5.11 Å². The molecular weight excluding hydrogens is 372 g/mol. The Hall–Kier alpha value is -0.400. The van der Waals surface area contributed by atoms with E-state index in [-0.39, 0.29) is 6.42 Å². The normalized spacial score (nSPS) is 12.1. The van der Waals surface area contributed by atoms with E-state index in [1.165, 1.54) is 4.99 Å². The molecule has 1 aromatic rings. The molecule has 0 amide bonds. The van der Waals surface area contributed by atoms with Crippen molar-refractivity contribution in [3.8, 4) is 0 Å². The van der Waals surface area contributed by atoms with Crippen molar-refractivity contribution in [3.63, 3.8) is 0 Å². The van der Waals surface area contributed by atoms with Gasteiger partial charge in [-0.3, -0.25) is 0 Å². The zero-order valence-corrected chi connectivity index (χ0v) is 11.4. The quantitative estimate of drug-likeness (QED) is 0.625. The molecule has 7 heteroatoms. The summed E-state index contributed by atoms with van der Waals surface area (Å²) >= 11 is 5.86. The number of hydrogen-bond donors (Lipinski definition) is 1. The van der Waals surface area contributed by atoms with Crippen molar-refractivity contribution in [1.29, 1.82) is 0 Å². The minimum absolute atomic E-state index is 0.311. The van der Waals surface area contributed by atoms with Crippen molar-refractivity contribution in [3.05, 3.63) is 43.9 Å². The number of aliphatic hydroxyl groups excluding tert-OH is 1. The van der Waals surface area contributed by atoms with Gasteiger partial charge in [-0.1, -0.05) is 31.9 Å². The molecule has 0 radical (unpaired) electrons. The summed E-state index contributed by atoms with van der Waals surface area (Å²) in [4.78, 5) is 1.32. The number of benzene rings is 1. The van der Waals surface area contributed by atoms with E-state index in [1.807, 2.05) is 0 Å². The first-order valence-electron chi connectivity index (χ1n) is 4.33. The maximum Gasteiger partial charge on any atom is 0.167 e. The molecule has 0 aliphatic rings. The van der Waals surface area contributed by atoms with Crippen LogP contribution in [-0.2, 0) is 13.0 Å². The lowest BCUT2D eigenvalue weighted by molar-refractivity contribution is 0.262. The lowest BCUT2D eigenvalue weighted by Gasteiger charge is -2.10. The number of halogens is 6. The predicted octanol–water partition coefficient (Wildman–Crippen LogP) is 3.91. The Morgan fingerprint density at radius 1 is 1.00 bits per heavy atom. The third-order valence-electron chi connectivity index (χ3n) is 2.07. The molecule has 0 heterocycles. The largest absolute Gasteiger partial charge is 0.391 e. The molecule has 0 unspecified atom stereocenters. The zero-order chi connectivity index (χ0) is 13.2. The van der Waals surface area contributed by atoms with Gasteiger partial charge in [-0.25, -0.2) is 17.6 Å². The van der Waals surface area contributed by atoms with Gasteiger partial charge < -0.3 is 5.11 Å². The summed E-state index contributed by atoms with van der Waals surface area (Å²) in [7, 11) is 0. The lowest BCUT2D eigenvalue weighted by Crippen LogP contribution is -2.08. The maximum atomic E-state index is 13.4. The molecule has 17 heavy (non-hydrogen) atoms. The summed E-state index contributed by atoms with van der Waals surface area (Å²) in [5, 5.41) is 8.63. The smallest absolute Gasteiger partial charge is 0.167 e. The molecule has 0 saturated carbocycles. The van der Waals surface area contributed by atoms with E-state index in [0.717, 1.165) is 0 Å². The Bertz CT molecular complexity index is 445. The molecule has 0 saturated heterocycles. The van der Waals surface area contributed by atoms with E-state index < -0.39 is 41.0 Å². The number of hydrogen-bond acceptors (Lipinski definition) is 1. The summed E-state index contributed by atoms with van der Waals surface area (Å²) in [6, 6.07) is 0. The minimum atomic E-state index is -1.57.